The van der Waals surface area contributed by atoms with E-state index in [-0.39, 0.29) is 41.6 Å². The molecule has 0 atom stereocenters. The van der Waals surface area contributed by atoms with Crippen LogP contribution in [-0.4, -0.2) is 30.9 Å². The van der Waals surface area contributed by atoms with E-state index in [9.17, 15) is 18.8 Å². The van der Waals surface area contributed by atoms with Crippen LogP contribution in [0.5, 0.6) is 5.75 Å². The van der Waals surface area contributed by atoms with Crippen molar-refractivity contribution in [3.8, 4) is 17.6 Å². The van der Waals surface area contributed by atoms with Gasteiger partial charge in [-0.1, -0.05) is 12.8 Å². The number of fused-ring (bicyclic) bond motifs is 1. The third-order valence-electron chi connectivity index (χ3n) is 4.82. The first-order valence-electron chi connectivity index (χ1n) is 9.48. The van der Waals surface area contributed by atoms with E-state index in [0.29, 0.717) is 24.9 Å². The van der Waals surface area contributed by atoms with Crippen molar-refractivity contribution in [3.63, 3.8) is 0 Å². The molecular formula is C21H22FN3O4. The van der Waals surface area contributed by atoms with Crippen molar-refractivity contribution < 1.29 is 23.5 Å². The molecule has 3 N–H and O–H groups in total. The number of carbonyl (C=O) groups excluding carboxylic acids is 3. The number of rotatable bonds is 4. The highest BCUT2D eigenvalue weighted by atomic mass is 19.1. The number of benzene rings is 1. The van der Waals surface area contributed by atoms with Crippen molar-refractivity contribution in [2.75, 3.05) is 23.4 Å². The minimum Gasteiger partial charge on any atom is -0.481 e. The molecule has 0 radical (unpaired) electrons. The number of halogens is 1. The predicted octanol–water partition coefficient (Wildman–Crippen LogP) is 2.26. The van der Waals surface area contributed by atoms with E-state index in [1.807, 2.05) is 6.92 Å². The third-order valence-corrected chi connectivity index (χ3v) is 4.82. The molecule has 7 nitrogen and oxygen atoms in total. The Labute approximate surface area is 168 Å². The number of primary amides is 1. The van der Waals surface area contributed by atoms with Crippen LogP contribution < -0.4 is 20.7 Å². The molecule has 152 valence electrons. The number of amides is 3. The summed E-state index contributed by atoms with van der Waals surface area (Å²) in [4.78, 5) is 37.9. The molecule has 0 fully saturated rings. The van der Waals surface area contributed by atoms with Gasteiger partial charge in [0.05, 0.1) is 17.9 Å². The fraction of sp³-hybridized carbons (Fsp3) is 0.381. The molecule has 3 amide bonds. The number of nitrogens with two attached hydrogens (primary N) is 1. The smallest absolute Gasteiger partial charge is 0.265 e. The highest BCUT2D eigenvalue weighted by Gasteiger charge is 2.28. The van der Waals surface area contributed by atoms with Gasteiger partial charge < -0.3 is 15.8 Å². The van der Waals surface area contributed by atoms with Crippen molar-refractivity contribution in [3.05, 3.63) is 29.1 Å². The molecule has 0 saturated carbocycles. The lowest BCUT2D eigenvalue weighted by atomic mass is 9.90. The van der Waals surface area contributed by atoms with Crippen LogP contribution in [0.1, 0.15) is 39.0 Å². The zero-order valence-corrected chi connectivity index (χ0v) is 16.1. The van der Waals surface area contributed by atoms with Crippen molar-refractivity contribution in [2.45, 2.75) is 39.0 Å². The maximum atomic E-state index is 14.6. The summed E-state index contributed by atoms with van der Waals surface area (Å²) < 4.78 is 19.9. The highest BCUT2D eigenvalue weighted by Crippen LogP contribution is 2.37. The fourth-order valence-electron chi connectivity index (χ4n) is 3.38. The Morgan fingerprint density at radius 3 is 2.66 bits per heavy atom. The Bertz CT molecular complexity index is 959. The zero-order chi connectivity index (χ0) is 21.0. The molecule has 2 aliphatic rings. The van der Waals surface area contributed by atoms with E-state index < -0.39 is 17.6 Å². The summed E-state index contributed by atoms with van der Waals surface area (Å²) >= 11 is 0. The van der Waals surface area contributed by atoms with Crippen molar-refractivity contribution in [1.29, 1.82) is 0 Å². The molecular weight excluding hydrogens is 377 g/mol. The number of nitrogens with zero attached hydrogens (tertiary/aromatic N) is 1. The summed E-state index contributed by atoms with van der Waals surface area (Å²) in [5.74, 6) is 3.74. The van der Waals surface area contributed by atoms with Gasteiger partial charge in [0.2, 0.25) is 5.91 Å². The van der Waals surface area contributed by atoms with Gasteiger partial charge in [0.1, 0.15) is 5.75 Å². The number of carbonyl (C=O) groups is 3. The predicted molar refractivity (Wildman–Crippen MR) is 106 cm³/mol. The summed E-state index contributed by atoms with van der Waals surface area (Å²) in [6.45, 7) is 1.82. The second kappa shape index (κ2) is 8.78. The third kappa shape index (κ3) is 4.40. The molecule has 1 heterocycles. The molecule has 1 aromatic carbocycles. The molecule has 3 rings (SSSR count). The fourth-order valence-corrected chi connectivity index (χ4v) is 3.38. The lowest BCUT2D eigenvalue weighted by molar-refractivity contribution is -0.121. The number of nitrogens with one attached hydrogen (secondary N) is 1. The highest BCUT2D eigenvalue weighted by molar-refractivity contribution is 6.10. The van der Waals surface area contributed by atoms with E-state index in [1.54, 1.807) is 0 Å². The Morgan fingerprint density at radius 1 is 1.24 bits per heavy atom. The molecule has 0 bridgehead atoms. The van der Waals surface area contributed by atoms with E-state index in [0.717, 1.165) is 18.9 Å². The molecule has 1 aliphatic carbocycles. The van der Waals surface area contributed by atoms with Gasteiger partial charge in [0.25, 0.3) is 11.8 Å². The zero-order valence-electron chi connectivity index (χ0n) is 16.1. The monoisotopic (exact) mass is 399 g/mol. The van der Waals surface area contributed by atoms with Crippen LogP contribution in [0.4, 0.5) is 15.8 Å². The largest absolute Gasteiger partial charge is 0.481 e. The summed E-state index contributed by atoms with van der Waals surface area (Å²) in [5.41, 5.74) is 6.15. The van der Waals surface area contributed by atoms with E-state index in [2.05, 4.69) is 17.2 Å². The van der Waals surface area contributed by atoms with Crippen LogP contribution in [0.3, 0.4) is 0 Å². The second-order valence-corrected chi connectivity index (χ2v) is 6.76. The van der Waals surface area contributed by atoms with Gasteiger partial charge in [0, 0.05) is 23.6 Å². The molecule has 0 unspecified atom stereocenters. The SMILES string of the molecule is CCC#CCN1C(=O)COc2cc(F)c(NC(=O)C3=C(C(N)=O)CCCC3)cc21. The maximum absolute atomic E-state index is 14.6. The molecule has 1 aliphatic heterocycles. The molecule has 8 heteroatoms. The van der Waals surface area contributed by atoms with Gasteiger partial charge in [-0.05, 0) is 31.7 Å². The van der Waals surface area contributed by atoms with Gasteiger partial charge in [-0.3, -0.25) is 19.3 Å². The minimum atomic E-state index is -0.705. The van der Waals surface area contributed by atoms with Gasteiger partial charge in [-0.2, -0.15) is 0 Å². The first kappa shape index (κ1) is 20.4. The van der Waals surface area contributed by atoms with Gasteiger partial charge in [-0.25, -0.2) is 4.39 Å². The number of anilines is 2. The van der Waals surface area contributed by atoms with Crippen LogP contribution in [0, 0.1) is 17.7 Å². The van der Waals surface area contributed by atoms with Crippen molar-refractivity contribution >= 4 is 29.1 Å². The average molecular weight is 399 g/mol. The standard InChI is InChI=1S/C21H22FN3O4/c1-2-3-6-9-25-17-11-16(15(22)10-18(17)29-12-19(25)26)24-21(28)14-8-5-4-7-13(14)20(23)27/h10-11H,2,4-5,7-9,12H2,1H3,(H2,23,27)(H,24,28). The topological polar surface area (TPSA) is 102 Å². The average Bonchev–Trinajstić information content (AvgIpc) is 2.70. The quantitative estimate of drug-likeness (QED) is 0.758. The Kier molecular flexibility index (Phi) is 6.17. The Hall–Kier alpha value is -3.34. The Balaban J connectivity index is 1.92. The maximum Gasteiger partial charge on any atom is 0.265 e. The molecule has 1 aromatic rings. The van der Waals surface area contributed by atoms with Crippen molar-refractivity contribution in [1.82, 2.24) is 0 Å². The number of hydrogen-bond acceptors (Lipinski definition) is 4. The normalized spacial score (nSPS) is 15.8. The Morgan fingerprint density at radius 2 is 1.97 bits per heavy atom. The summed E-state index contributed by atoms with van der Waals surface area (Å²) in [5, 5.41) is 2.51. The number of hydrogen-bond donors (Lipinski definition) is 2. The van der Waals surface area contributed by atoms with Crippen LogP contribution in [0.2, 0.25) is 0 Å². The van der Waals surface area contributed by atoms with Gasteiger partial charge in [-0.15, -0.1) is 5.92 Å². The van der Waals surface area contributed by atoms with Crippen LogP contribution >= 0.6 is 0 Å². The minimum absolute atomic E-state index is 0.109. The first-order valence-corrected chi connectivity index (χ1v) is 9.48. The lowest BCUT2D eigenvalue weighted by Gasteiger charge is -2.28. The molecule has 0 spiro atoms. The molecule has 0 aromatic heterocycles. The van der Waals surface area contributed by atoms with Crippen LogP contribution in [-0.2, 0) is 14.4 Å². The first-order chi connectivity index (χ1) is 13.9. The van der Waals surface area contributed by atoms with E-state index in [4.69, 9.17) is 10.5 Å². The lowest BCUT2D eigenvalue weighted by Crippen LogP contribution is -2.39. The van der Waals surface area contributed by atoms with Crippen LogP contribution in [0.25, 0.3) is 0 Å². The van der Waals surface area contributed by atoms with E-state index in [1.165, 1.54) is 11.0 Å². The summed E-state index contributed by atoms with van der Waals surface area (Å²) in [7, 11) is 0. The second-order valence-electron chi connectivity index (χ2n) is 6.76. The van der Waals surface area contributed by atoms with Gasteiger partial charge in [0.15, 0.2) is 12.4 Å². The molecule has 29 heavy (non-hydrogen) atoms. The van der Waals surface area contributed by atoms with E-state index >= 15 is 0 Å². The van der Waals surface area contributed by atoms with Crippen molar-refractivity contribution in [2.24, 2.45) is 5.73 Å². The van der Waals surface area contributed by atoms with Gasteiger partial charge >= 0.3 is 0 Å². The number of ether oxygens (including phenoxy) is 1. The summed E-state index contributed by atoms with van der Waals surface area (Å²) in [6, 6.07) is 2.47. The molecule has 0 saturated heterocycles. The summed E-state index contributed by atoms with van der Waals surface area (Å²) in [6.07, 6.45) is 3.00. The van der Waals surface area contributed by atoms with Crippen LogP contribution in [0.15, 0.2) is 23.3 Å².